The van der Waals surface area contributed by atoms with Crippen LogP contribution >= 0.6 is 0 Å². The van der Waals surface area contributed by atoms with Crippen LogP contribution in [0.5, 0.6) is 0 Å². The highest BCUT2D eigenvalue weighted by Crippen LogP contribution is 2.34. The number of nitrogen functional groups attached to an aromatic ring is 1. The summed E-state index contributed by atoms with van der Waals surface area (Å²) in [6.45, 7) is 10.5. The van der Waals surface area contributed by atoms with E-state index >= 15 is 0 Å². The van der Waals surface area contributed by atoms with Crippen molar-refractivity contribution in [3.05, 3.63) is 88.4 Å². The first-order valence-electron chi connectivity index (χ1n) is 14.4. The van der Waals surface area contributed by atoms with Crippen LogP contribution < -0.4 is 5.73 Å². The molecule has 7 nitrogen and oxygen atoms in total. The van der Waals surface area contributed by atoms with E-state index in [1.54, 1.807) is 30.3 Å². The fraction of sp³-hybridized carbons (Fsp3) is 0.364. The molecule has 1 aliphatic rings. The van der Waals surface area contributed by atoms with E-state index in [2.05, 4.69) is 38.5 Å². The highest BCUT2D eigenvalue weighted by molar-refractivity contribution is 5.98. The van der Waals surface area contributed by atoms with Crippen molar-refractivity contribution in [2.45, 2.75) is 46.0 Å². The van der Waals surface area contributed by atoms with Gasteiger partial charge in [-0.15, -0.1) is 0 Å². The summed E-state index contributed by atoms with van der Waals surface area (Å²) in [4.78, 5) is 26.0. The molecule has 2 N–H and O–H groups in total. The van der Waals surface area contributed by atoms with Crippen LogP contribution in [0.2, 0.25) is 0 Å². The van der Waals surface area contributed by atoms with Crippen molar-refractivity contribution < 1.29 is 18.0 Å². The predicted octanol–water partition coefficient (Wildman–Crippen LogP) is 5.58. The fourth-order valence-corrected chi connectivity index (χ4v) is 5.43. The summed E-state index contributed by atoms with van der Waals surface area (Å²) in [5.74, 6) is 6.27. The van der Waals surface area contributed by atoms with Crippen LogP contribution in [0.15, 0.2) is 55.0 Å². The minimum atomic E-state index is -4.51. The predicted molar refractivity (Wildman–Crippen MR) is 162 cm³/mol. The monoisotopic (exact) mass is 588 g/mol. The Kier molecular flexibility index (Phi) is 8.85. The molecular formula is C33H35F3N6O. The molecule has 1 saturated heterocycles. The lowest BCUT2D eigenvalue weighted by Crippen LogP contribution is -2.45. The number of carbonyl (C=O) groups is 1. The van der Waals surface area contributed by atoms with Gasteiger partial charge >= 0.3 is 6.18 Å². The maximum absolute atomic E-state index is 14.1. The number of hydrogen-bond acceptors (Lipinski definition) is 6. The molecule has 0 amide bonds. The molecule has 10 heteroatoms. The highest BCUT2D eigenvalue weighted by Gasteiger charge is 2.34. The smallest absolute Gasteiger partial charge is 0.383 e. The lowest BCUT2D eigenvalue weighted by atomic mass is 9.97. The molecule has 0 saturated carbocycles. The molecule has 1 aliphatic heterocycles. The molecule has 0 unspecified atom stereocenters. The minimum absolute atomic E-state index is 0.136. The topological polar surface area (TPSA) is 80.3 Å². The van der Waals surface area contributed by atoms with Gasteiger partial charge in [-0.1, -0.05) is 43.0 Å². The Morgan fingerprint density at radius 2 is 1.77 bits per heavy atom. The summed E-state index contributed by atoms with van der Waals surface area (Å²) >= 11 is 0. The van der Waals surface area contributed by atoms with Gasteiger partial charge in [0.1, 0.15) is 17.8 Å². The summed E-state index contributed by atoms with van der Waals surface area (Å²) in [7, 11) is 0. The van der Waals surface area contributed by atoms with Gasteiger partial charge in [-0.05, 0) is 49.7 Å². The van der Waals surface area contributed by atoms with Crippen LogP contribution in [0.4, 0.5) is 19.0 Å². The van der Waals surface area contributed by atoms with Gasteiger partial charge in [0.2, 0.25) is 0 Å². The second-order valence-corrected chi connectivity index (χ2v) is 11.1. The molecule has 2 aromatic carbocycles. The van der Waals surface area contributed by atoms with Gasteiger partial charge < -0.3 is 15.2 Å². The largest absolute Gasteiger partial charge is 0.416 e. The Labute approximate surface area is 249 Å². The Morgan fingerprint density at radius 1 is 1.02 bits per heavy atom. The number of fused-ring (bicyclic) bond motifs is 1. The Balaban J connectivity index is 1.34. The van der Waals surface area contributed by atoms with Crippen molar-refractivity contribution in [2.24, 2.45) is 0 Å². The molecule has 0 spiro atoms. The van der Waals surface area contributed by atoms with E-state index in [1.807, 2.05) is 24.6 Å². The number of benzene rings is 2. The number of hydrogen-bond donors (Lipinski definition) is 1. The first-order chi connectivity index (χ1) is 20.5. The van der Waals surface area contributed by atoms with Gasteiger partial charge in [0.25, 0.3) is 0 Å². The third-order valence-electron chi connectivity index (χ3n) is 7.87. The van der Waals surface area contributed by atoms with Crippen molar-refractivity contribution in [1.29, 1.82) is 0 Å². The van der Waals surface area contributed by atoms with Crippen molar-refractivity contribution in [3.8, 4) is 11.8 Å². The fourth-order valence-electron chi connectivity index (χ4n) is 5.43. The van der Waals surface area contributed by atoms with Crippen molar-refractivity contribution in [2.75, 3.05) is 38.5 Å². The number of nitrogens with two attached hydrogens (primary N) is 1. The summed E-state index contributed by atoms with van der Waals surface area (Å²) < 4.78 is 44.2. The third kappa shape index (κ3) is 6.90. The van der Waals surface area contributed by atoms with Gasteiger partial charge in [0, 0.05) is 62.5 Å². The number of rotatable bonds is 7. The number of piperazine rings is 1. The van der Waals surface area contributed by atoms with E-state index in [-0.39, 0.29) is 30.4 Å². The number of alkyl halides is 3. The minimum Gasteiger partial charge on any atom is -0.383 e. The molecule has 0 atom stereocenters. The van der Waals surface area contributed by atoms with Crippen molar-refractivity contribution in [3.63, 3.8) is 0 Å². The van der Waals surface area contributed by atoms with Gasteiger partial charge in [-0.2, -0.15) is 13.2 Å². The first-order valence-corrected chi connectivity index (χ1v) is 14.4. The third-order valence-corrected chi connectivity index (χ3v) is 7.87. The maximum atomic E-state index is 14.1. The van der Waals surface area contributed by atoms with Crippen LogP contribution in [-0.2, 0) is 19.1 Å². The summed E-state index contributed by atoms with van der Waals surface area (Å²) in [5.41, 5.74) is 8.35. The van der Waals surface area contributed by atoms with E-state index in [4.69, 9.17) is 5.73 Å². The number of likely N-dealkylation sites (N-methyl/N-ethyl adjacent to an activating group) is 1. The normalized spacial score (nSPS) is 14.7. The average molecular weight is 589 g/mol. The Bertz CT molecular complexity index is 1690. The van der Waals surface area contributed by atoms with Crippen LogP contribution in [0.25, 0.3) is 11.0 Å². The average Bonchev–Trinajstić information content (AvgIpc) is 3.37. The zero-order valence-corrected chi connectivity index (χ0v) is 24.6. The summed E-state index contributed by atoms with van der Waals surface area (Å²) in [6.07, 6.45) is -1.36. The van der Waals surface area contributed by atoms with E-state index in [9.17, 15) is 18.0 Å². The molecule has 0 radical (unpaired) electrons. The lowest BCUT2D eigenvalue weighted by molar-refractivity contribution is -0.138. The van der Waals surface area contributed by atoms with E-state index in [0.717, 1.165) is 38.8 Å². The van der Waals surface area contributed by atoms with E-state index < -0.39 is 11.7 Å². The van der Waals surface area contributed by atoms with E-state index in [1.165, 1.54) is 12.4 Å². The number of halogens is 3. The lowest BCUT2D eigenvalue weighted by Gasteiger charge is -2.34. The van der Waals surface area contributed by atoms with Crippen molar-refractivity contribution >= 4 is 22.6 Å². The van der Waals surface area contributed by atoms with E-state index in [0.29, 0.717) is 39.1 Å². The number of Topliss-reactive ketones (excluding diaryl/α,β-unsaturated/α-hetero) is 1. The Hall–Kier alpha value is -4.20. The zero-order chi connectivity index (χ0) is 30.7. The van der Waals surface area contributed by atoms with Gasteiger partial charge in [0.05, 0.1) is 16.5 Å². The summed E-state index contributed by atoms with van der Waals surface area (Å²) in [5, 5.41) is 0.670. The quantitative estimate of drug-likeness (QED) is 0.225. The maximum Gasteiger partial charge on any atom is 0.416 e. The van der Waals surface area contributed by atoms with Gasteiger partial charge in [-0.25, -0.2) is 9.97 Å². The molecule has 0 aliphatic carbocycles. The molecule has 4 aromatic rings. The molecule has 224 valence electrons. The summed E-state index contributed by atoms with van der Waals surface area (Å²) in [6, 6.07) is 11.2. The molecular weight excluding hydrogens is 553 g/mol. The van der Waals surface area contributed by atoms with Crippen LogP contribution in [0.1, 0.15) is 65.0 Å². The van der Waals surface area contributed by atoms with Crippen LogP contribution in [-0.4, -0.2) is 62.8 Å². The molecule has 0 bridgehead atoms. The highest BCUT2D eigenvalue weighted by atomic mass is 19.4. The second-order valence-electron chi connectivity index (χ2n) is 11.1. The number of ketones is 1. The van der Waals surface area contributed by atoms with Gasteiger partial charge in [-0.3, -0.25) is 9.69 Å². The first kappa shape index (κ1) is 30.3. The molecule has 1 fully saturated rings. The zero-order valence-electron chi connectivity index (χ0n) is 24.6. The number of anilines is 1. The number of carbonyl (C=O) groups excluding carboxylic acids is 1. The Morgan fingerprint density at radius 3 is 2.47 bits per heavy atom. The van der Waals surface area contributed by atoms with Crippen molar-refractivity contribution in [1.82, 2.24) is 24.3 Å². The van der Waals surface area contributed by atoms with Crippen LogP contribution in [0, 0.1) is 11.8 Å². The molecule has 3 heterocycles. The van der Waals surface area contributed by atoms with Crippen LogP contribution in [0.3, 0.4) is 0 Å². The number of nitrogens with zero attached hydrogens (tertiary/aromatic N) is 5. The molecule has 43 heavy (non-hydrogen) atoms. The molecule has 5 rings (SSSR count). The molecule has 2 aromatic heterocycles. The standard InChI is InChI=1S/C33H35F3N6O/c1-4-40-12-14-41(15-13-40)19-26-10-9-24(17-28(26)33(34,35)36)18-29(43)25-7-5-6-23(16-25)8-11-27-20-42(22(2)3)32-30(27)31(37)38-21-39-32/h5-7,9-10,16-17,20-22H,4,12-15,18-19H2,1-3H3,(H2,37,38,39). The van der Waals surface area contributed by atoms with Gasteiger partial charge in [0.15, 0.2) is 5.78 Å². The SMILES string of the molecule is CCN1CCN(Cc2ccc(CC(=O)c3cccc(C#Cc4cn(C(C)C)c5ncnc(N)c45)c3)cc2C(F)(F)F)CC1. The number of aromatic nitrogens is 3. The second kappa shape index (κ2) is 12.6.